The van der Waals surface area contributed by atoms with Crippen LogP contribution in [-0.4, -0.2) is 19.9 Å². The van der Waals surface area contributed by atoms with E-state index in [1.807, 2.05) is 91.0 Å². The van der Waals surface area contributed by atoms with Gasteiger partial charge in [0.1, 0.15) is 5.01 Å². The van der Waals surface area contributed by atoms with Crippen LogP contribution in [0.4, 0.5) is 0 Å². The van der Waals surface area contributed by atoms with Gasteiger partial charge in [0.15, 0.2) is 17.5 Å². The third-order valence-corrected chi connectivity index (χ3v) is 6.43. The van der Waals surface area contributed by atoms with Crippen molar-refractivity contribution in [3.63, 3.8) is 0 Å². The summed E-state index contributed by atoms with van der Waals surface area (Å²) < 4.78 is 1.11. The molecule has 0 unspecified atom stereocenters. The number of benzene rings is 4. The van der Waals surface area contributed by atoms with Gasteiger partial charge in [0.2, 0.25) is 0 Å². The van der Waals surface area contributed by atoms with Crippen molar-refractivity contribution in [1.82, 2.24) is 19.9 Å². The van der Waals surface area contributed by atoms with Crippen LogP contribution in [0, 0.1) is 0 Å². The summed E-state index contributed by atoms with van der Waals surface area (Å²) in [6.07, 6.45) is 0. The second-order valence-corrected chi connectivity index (χ2v) is 8.64. The third-order valence-electron chi connectivity index (χ3n) is 5.37. The lowest BCUT2D eigenvalue weighted by Crippen LogP contribution is -1.99. The predicted molar refractivity (Wildman–Crippen MR) is 135 cm³/mol. The largest absolute Gasteiger partial charge is 0.236 e. The molecule has 0 amide bonds. The first-order valence-corrected chi connectivity index (χ1v) is 11.5. The van der Waals surface area contributed by atoms with Crippen LogP contribution in [0.1, 0.15) is 0 Å². The SMILES string of the molecule is c1ccc(-c2nc(-c3ccccc3)nc(-c3ccc4nc(-c5ccccc5)sc4c3)n2)cc1. The van der Waals surface area contributed by atoms with Crippen molar-refractivity contribution in [1.29, 1.82) is 0 Å². The Bertz CT molecular complexity index is 1490. The molecule has 0 aliphatic carbocycles. The number of aromatic nitrogens is 4. The van der Waals surface area contributed by atoms with Crippen molar-refractivity contribution in [2.75, 3.05) is 0 Å². The molecule has 0 saturated carbocycles. The van der Waals surface area contributed by atoms with E-state index in [4.69, 9.17) is 19.9 Å². The normalized spacial score (nSPS) is 11.0. The summed E-state index contributed by atoms with van der Waals surface area (Å²) in [7, 11) is 0. The van der Waals surface area contributed by atoms with Crippen LogP contribution < -0.4 is 0 Å². The van der Waals surface area contributed by atoms with Crippen molar-refractivity contribution in [2.45, 2.75) is 0 Å². The average molecular weight is 443 g/mol. The highest BCUT2D eigenvalue weighted by molar-refractivity contribution is 7.21. The number of nitrogens with zero attached hydrogens (tertiary/aromatic N) is 4. The van der Waals surface area contributed by atoms with Gasteiger partial charge in [-0.05, 0) is 18.2 Å². The molecule has 0 N–H and O–H groups in total. The Morgan fingerprint density at radius 1 is 0.424 bits per heavy atom. The minimum absolute atomic E-state index is 0.652. The summed E-state index contributed by atoms with van der Waals surface area (Å²) in [4.78, 5) is 19.3. The van der Waals surface area contributed by atoms with Crippen LogP contribution in [0.3, 0.4) is 0 Å². The number of fused-ring (bicyclic) bond motifs is 1. The molecule has 6 rings (SSSR count). The Balaban J connectivity index is 1.49. The van der Waals surface area contributed by atoms with E-state index < -0.39 is 0 Å². The zero-order chi connectivity index (χ0) is 22.0. The smallest absolute Gasteiger partial charge is 0.164 e. The van der Waals surface area contributed by atoms with Crippen molar-refractivity contribution in [3.8, 4) is 44.7 Å². The Hall–Kier alpha value is -4.22. The lowest BCUT2D eigenvalue weighted by atomic mass is 10.1. The Morgan fingerprint density at radius 3 is 1.45 bits per heavy atom. The highest BCUT2D eigenvalue weighted by atomic mass is 32.1. The summed E-state index contributed by atoms with van der Waals surface area (Å²) in [6.45, 7) is 0. The van der Waals surface area contributed by atoms with Gasteiger partial charge in [-0.3, -0.25) is 0 Å². The van der Waals surface area contributed by atoms with Gasteiger partial charge in [0.25, 0.3) is 0 Å². The Labute approximate surface area is 195 Å². The van der Waals surface area contributed by atoms with Gasteiger partial charge in [0, 0.05) is 22.3 Å². The molecule has 0 saturated heterocycles. The third kappa shape index (κ3) is 3.90. The highest BCUT2D eigenvalue weighted by Gasteiger charge is 2.14. The molecule has 2 aromatic heterocycles. The molecule has 0 spiro atoms. The lowest BCUT2D eigenvalue weighted by molar-refractivity contribution is 1.07. The van der Waals surface area contributed by atoms with Crippen molar-refractivity contribution in [2.24, 2.45) is 0 Å². The second-order valence-electron chi connectivity index (χ2n) is 7.61. The molecule has 0 fully saturated rings. The molecule has 156 valence electrons. The minimum Gasteiger partial charge on any atom is -0.236 e. The molecule has 6 aromatic rings. The number of hydrogen-bond acceptors (Lipinski definition) is 5. The zero-order valence-corrected chi connectivity index (χ0v) is 18.4. The van der Waals surface area contributed by atoms with Crippen LogP contribution in [0.5, 0.6) is 0 Å². The molecule has 4 aromatic carbocycles. The van der Waals surface area contributed by atoms with E-state index in [0.29, 0.717) is 17.5 Å². The lowest BCUT2D eigenvalue weighted by Gasteiger charge is -2.08. The maximum Gasteiger partial charge on any atom is 0.164 e. The monoisotopic (exact) mass is 442 g/mol. The molecule has 2 heterocycles. The average Bonchev–Trinajstić information content (AvgIpc) is 3.34. The molecule has 0 aliphatic heterocycles. The first-order valence-electron chi connectivity index (χ1n) is 10.7. The topological polar surface area (TPSA) is 51.6 Å². The number of thiazole rings is 1. The van der Waals surface area contributed by atoms with Gasteiger partial charge in [0.05, 0.1) is 10.2 Å². The molecule has 0 atom stereocenters. The van der Waals surface area contributed by atoms with E-state index in [0.717, 1.165) is 37.5 Å². The molecule has 0 bridgehead atoms. The van der Waals surface area contributed by atoms with Gasteiger partial charge in [-0.15, -0.1) is 11.3 Å². The fraction of sp³-hybridized carbons (Fsp3) is 0. The molecular weight excluding hydrogens is 424 g/mol. The maximum atomic E-state index is 4.83. The molecule has 0 aliphatic rings. The number of rotatable bonds is 4. The molecule has 33 heavy (non-hydrogen) atoms. The molecule has 5 heteroatoms. The van der Waals surface area contributed by atoms with E-state index in [-0.39, 0.29) is 0 Å². The van der Waals surface area contributed by atoms with Gasteiger partial charge in [-0.2, -0.15) is 0 Å². The van der Waals surface area contributed by atoms with Crippen LogP contribution in [0.25, 0.3) is 55.0 Å². The fourth-order valence-electron chi connectivity index (χ4n) is 3.71. The molecule has 0 radical (unpaired) electrons. The van der Waals surface area contributed by atoms with Crippen molar-refractivity contribution >= 4 is 21.6 Å². The molecular formula is C28H18N4S. The Kier molecular flexibility index (Phi) is 4.94. The predicted octanol–water partition coefficient (Wildman–Crippen LogP) is 7.15. The van der Waals surface area contributed by atoms with E-state index in [2.05, 4.69) is 18.2 Å². The maximum absolute atomic E-state index is 4.83. The van der Waals surface area contributed by atoms with E-state index >= 15 is 0 Å². The van der Waals surface area contributed by atoms with Gasteiger partial charge in [-0.1, -0.05) is 91.0 Å². The Morgan fingerprint density at radius 2 is 0.909 bits per heavy atom. The van der Waals surface area contributed by atoms with E-state index in [9.17, 15) is 0 Å². The van der Waals surface area contributed by atoms with Crippen molar-refractivity contribution < 1.29 is 0 Å². The summed E-state index contributed by atoms with van der Waals surface area (Å²) in [5.41, 5.74) is 4.97. The van der Waals surface area contributed by atoms with Gasteiger partial charge < -0.3 is 0 Å². The van der Waals surface area contributed by atoms with Crippen LogP contribution in [-0.2, 0) is 0 Å². The van der Waals surface area contributed by atoms with Crippen LogP contribution >= 0.6 is 11.3 Å². The summed E-state index contributed by atoms with van der Waals surface area (Å²) >= 11 is 1.68. The summed E-state index contributed by atoms with van der Waals surface area (Å²) in [5, 5.41) is 1.01. The quantitative estimate of drug-likeness (QED) is 0.291. The standard InChI is InChI=1S/C28H18N4S/c1-4-10-19(11-5-1)25-30-26(20-12-6-2-7-13-20)32-27(31-25)22-16-17-23-24(18-22)33-28(29-23)21-14-8-3-9-15-21/h1-18H. The first kappa shape index (κ1) is 19.5. The fourth-order valence-corrected chi connectivity index (χ4v) is 4.72. The van der Waals surface area contributed by atoms with E-state index in [1.54, 1.807) is 11.3 Å². The number of hydrogen-bond donors (Lipinski definition) is 0. The summed E-state index contributed by atoms with van der Waals surface area (Å²) in [5.74, 6) is 1.97. The van der Waals surface area contributed by atoms with Crippen LogP contribution in [0.2, 0.25) is 0 Å². The zero-order valence-electron chi connectivity index (χ0n) is 17.6. The second kappa shape index (κ2) is 8.37. The van der Waals surface area contributed by atoms with Gasteiger partial charge >= 0.3 is 0 Å². The highest BCUT2D eigenvalue weighted by Crippen LogP contribution is 2.33. The summed E-state index contributed by atoms with van der Waals surface area (Å²) in [6, 6.07) is 36.5. The van der Waals surface area contributed by atoms with E-state index in [1.165, 1.54) is 0 Å². The van der Waals surface area contributed by atoms with Gasteiger partial charge in [-0.25, -0.2) is 19.9 Å². The molecule has 4 nitrogen and oxygen atoms in total. The first-order chi connectivity index (χ1) is 16.3. The van der Waals surface area contributed by atoms with Crippen LogP contribution in [0.15, 0.2) is 109 Å². The van der Waals surface area contributed by atoms with Crippen molar-refractivity contribution in [3.05, 3.63) is 109 Å². The minimum atomic E-state index is 0.652.